The second-order valence-electron chi connectivity index (χ2n) is 6.69. The number of hydrogen-bond donors (Lipinski definition) is 2. The summed E-state index contributed by atoms with van der Waals surface area (Å²) in [5.74, 6) is 1.37. The Hall–Kier alpha value is -1.32. The monoisotopic (exact) mass is 302 g/mol. The van der Waals surface area contributed by atoms with Crippen LogP contribution in [0.2, 0.25) is 0 Å². The van der Waals surface area contributed by atoms with Crippen LogP contribution in [0.4, 0.5) is 0 Å². The van der Waals surface area contributed by atoms with Crippen molar-refractivity contribution in [2.75, 3.05) is 6.61 Å². The van der Waals surface area contributed by atoms with E-state index in [-0.39, 0.29) is 12.2 Å². The summed E-state index contributed by atoms with van der Waals surface area (Å²) in [6, 6.07) is 7.48. The van der Waals surface area contributed by atoms with Gasteiger partial charge in [0.25, 0.3) is 0 Å². The molecule has 0 spiro atoms. The van der Waals surface area contributed by atoms with Gasteiger partial charge in [-0.15, -0.1) is 0 Å². The molecule has 3 rings (SSSR count). The van der Waals surface area contributed by atoms with Crippen molar-refractivity contribution < 1.29 is 14.9 Å². The van der Waals surface area contributed by atoms with Crippen LogP contribution in [0, 0.1) is 5.92 Å². The van der Waals surface area contributed by atoms with Crippen LogP contribution >= 0.6 is 0 Å². The van der Waals surface area contributed by atoms with E-state index in [9.17, 15) is 10.2 Å². The van der Waals surface area contributed by atoms with Crippen LogP contribution in [0.1, 0.15) is 50.0 Å². The molecule has 1 aliphatic carbocycles. The molecule has 2 N–H and O–H groups in total. The molecule has 1 heterocycles. The highest BCUT2D eigenvalue weighted by molar-refractivity contribution is 5.28. The van der Waals surface area contributed by atoms with E-state index in [2.05, 4.69) is 12.2 Å². The number of aliphatic hydroxyl groups is 1. The summed E-state index contributed by atoms with van der Waals surface area (Å²) in [4.78, 5) is 0. The number of aromatic hydroxyl groups is 1. The van der Waals surface area contributed by atoms with Gasteiger partial charge < -0.3 is 14.9 Å². The zero-order valence-electron chi connectivity index (χ0n) is 13.0. The molecule has 2 atom stereocenters. The Labute approximate surface area is 132 Å². The third-order valence-electron chi connectivity index (χ3n) is 5.01. The number of benzene rings is 1. The normalized spacial score (nSPS) is 33.1. The van der Waals surface area contributed by atoms with Crippen LogP contribution in [0.5, 0.6) is 5.75 Å². The molecule has 3 nitrogen and oxygen atoms in total. The summed E-state index contributed by atoms with van der Waals surface area (Å²) in [6.07, 6.45) is 10.9. The highest BCUT2D eigenvalue weighted by Gasteiger charge is 2.22. The number of ether oxygens (including phenoxy) is 1. The van der Waals surface area contributed by atoms with Crippen LogP contribution in [0.25, 0.3) is 0 Å². The van der Waals surface area contributed by atoms with Gasteiger partial charge in [0.05, 0.1) is 18.8 Å². The number of aliphatic hydroxyl groups excluding tert-OH is 1. The van der Waals surface area contributed by atoms with Crippen LogP contribution < -0.4 is 0 Å². The van der Waals surface area contributed by atoms with Crippen molar-refractivity contribution in [3.05, 3.63) is 42.0 Å². The Kier molecular flexibility index (Phi) is 5.16. The first-order valence-electron chi connectivity index (χ1n) is 8.47. The molecule has 1 aromatic rings. The largest absolute Gasteiger partial charge is 0.508 e. The quantitative estimate of drug-likeness (QED) is 0.836. The lowest BCUT2D eigenvalue weighted by Gasteiger charge is -2.28. The maximum absolute atomic E-state index is 9.53. The zero-order chi connectivity index (χ0) is 15.4. The third kappa shape index (κ3) is 4.11. The topological polar surface area (TPSA) is 49.7 Å². The first kappa shape index (κ1) is 15.6. The number of rotatable bonds is 3. The van der Waals surface area contributed by atoms with Crippen molar-refractivity contribution >= 4 is 0 Å². The van der Waals surface area contributed by atoms with Crippen LogP contribution in [0.3, 0.4) is 0 Å². The minimum Gasteiger partial charge on any atom is -0.508 e. The zero-order valence-corrected chi connectivity index (χ0v) is 13.0. The van der Waals surface area contributed by atoms with Gasteiger partial charge in [0, 0.05) is 5.92 Å². The summed E-state index contributed by atoms with van der Waals surface area (Å²) >= 11 is 0. The van der Waals surface area contributed by atoms with Crippen LogP contribution in [-0.2, 0) is 4.74 Å². The third-order valence-corrected chi connectivity index (χ3v) is 5.01. The lowest BCUT2D eigenvalue weighted by atomic mass is 9.86. The van der Waals surface area contributed by atoms with E-state index in [0.717, 1.165) is 45.1 Å². The minimum absolute atomic E-state index is 0.0818. The predicted octanol–water partition coefficient (Wildman–Crippen LogP) is 3.76. The molecule has 0 radical (unpaired) electrons. The van der Waals surface area contributed by atoms with Gasteiger partial charge in [-0.25, -0.2) is 0 Å². The van der Waals surface area contributed by atoms with Gasteiger partial charge in [0.1, 0.15) is 5.75 Å². The first-order valence-corrected chi connectivity index (χ1v) is 8.47. The molecular formula is C19H26O3. The predicted molar refractivity (Wildman–Crippen MR) is 86.9 cm³/mol. The lowest BCUT2D eigenvalue weighted by molar-refractivity contribution is 0.0322. The smallest absolute Gasteiger partial charge is 0.115 e. The van der Waals surface area contributed by atoms with E-state index in [4.69, 9.17) is 4.74 Å². The average molecular weight is 302 g/mol. The summed E-state index contributed by atoms with van der Waals surface area (Å²) < 4.78 is 5.99. The standard InChI is InChI=1S/C19H26O3/c20-17-7-1-14(2-8-17)3-11-19-12-6-16(13-22-19)15-4-9-18(21)10-5-15/h3-5,9-11,14,16-17,19-21H,1-2,6-8,12-13H2/b11-3+. The molecule has 22 heavy (non-hydrogen) atoms. The first-order chi connectivity index (χ1) is 10.7. The van der Waals surface area contributed by atoms with Gasteiger partial charge in [-0.3, -0.25) is 0 Å². The van der Waals surface area contributed by atoms with Crippen molar-refractivity contribution in [1.29, 1.82) is 0 Å². The summed E-state index contributed by atoms with van der Waals surface area (Å²) in [6.45, 7) is 0.753. The van der Waals surface area contributed by atoms with E-state index < -0.39 is 0 Å². The Balaban J connectivity index is 1.46. The molecule has 2 unspecified atom stereocenters. The van der Waals surface area contributed by atoms with Gasteiger partial charge >= 0.3 is 0 Å². The SMILES string of the molecule is Oc1ccc(C2CCC(/C=C/C3CCC(O)CC3)OC2)cc1. The molecule has 0 aromatic heterocycles. The highest BCUT2D eigenvalue weighted by Crippen LogP contribution is 2.30. The number of allylic oxidation sites excluding steroid dienone is 1. The maximum Gasteiger partial charge on any atom is 0.115 e. The summed E-state index contributed by atoms with van der Waals surface area (Å²) in [5, 5.41) is 18.9. The van der Waals surface area contributed by atoms with E-state index in [1.165, 1.54) is 5.56 Å². The van der Waals surface area contributed by atoms with Gasteiger partial charge in [0.2, 0.25) is 0 Å². The van der Waals surface area contributed by atoms with Crippen molar-refractivity contribution in [2.24, 2.45) is 5.92 Å². The summed E-state index contributed by atoms with van der Waals surface area (Å²) in [5.41, 5.74) is 1.25. The molecule has 1 saturated heterocycles. The fourth-order valence-electron chi connectivity index (χ4n) is 3.51. The number of phenolic OH excluding ortho intramolecular Hbond substituents is 1. The van der Waals surface area contributed by atoms with Crippen molar-refractivity contribution in [2.45, 2.75) is 56.7 Å². The second kappa shape index (κ2) is 7.30. The van der Waals surface area contributed by atoms with Gasteiger partial charge in [-0.05, 0) is 62.1 Å². The Bertz CT molecular complexity index is 478. The van der Waals surface area contributed by atoms with Gasteiger partial charge in [0.15, 0.2) is 0 Å². The molecule has 120 valence electrons. The Morgan fingerprint density at radius 2 is 1.64 bits per heavy atom. The van der Waals surface area contributed by atoms with Crippen molar-refractivity contribution in [3.8, 4) is 5.75 Å². The van der Waals surface area contributed by atoms with E-state index >= 15 is 0 Å². The van der Waals surface area contributed by atoms with Gasteiger partial charge in [-0.1, -0.05) is 24.3 Å². The van der Waals surface area contributed by atoms with E-state index in [1.54, 1.807) is 12.1 Å². The molecule has 2 fully saturated rings. The van der Waals surface area contributed by atoms with Gasteiger partial charge in [-0.2, -0.15) is 0 Å². The van der Waals surface area contributed by atoms with Crippen LogP contribution in [-0.4, -0.2) is 29.0 Å². The summed E-state index contributed by atoms with van der Waals surface area (Å²) in [7, 11) is 0. The number of phenols is 1. The van der Waals surface area contributed by atoms with E-state index in [0.29, 0.717) is 17.6 Å². The molecule has 0 bridgehead atoms. The highest BCUT2D eigenvalue weighted by atomic mass is 16.5. The van der Waals surface area contributed by atoms with Crippen molar-refractivity contribution in [3.63, 3.8) is 0 Å². The lowest BCUT2D eigenvalue weighted by Crippen LogP contribution is -2.23. The average Bonchev–Trinajstić information content (AvgIpc) is 2.56. The van der Waals surface area contributed by atoms with Crippen LogP contribution in [0.15, 0.2) is 36.4 Å². The fraction of sp³-hybridized carbons (Fsp3) is 0.579. The molecular weight excluding hydrogens is 276 g/mol. The number of hydrogen-bond acceptors (Lipinski definition) is 3. The Morgan fingerprint density at radius 1 is 0.909 bits per heavy atom. The molecule has 3 heteroatoms. The fourth-order valence-corrected chi connectivity index (χ4v) is 3.51. The Morgan fingerprint density at radius 3 is 2.27 bits per heavy atom. The molecule has 1 aliphatic heterocycles. The van der Waals surface area contributed by atoms with E-state index in [1.807, 2.05) is 12.1 Å². The molecule has 1 aromatic carbocycles. The molecule has 0 amide bonds. The maximum atomic E-state index is 9.53. The molecule has 1 saturated carbocycles. The minimum atomic E-state index is -0.0818. The molecule has 2 aliphatic rings. The van der Waals surface area contributed by atoms with Crippen molar-refractivity contribution in [1.82, 2.24) is 0 Å². The second-order valence-corrected chi connectivity index (χ2v) is 6.69.